The maximum absolute atomic E-state index is 11.0. The number of hydrogen-bond acceptors (Lipinski definition) is 3. The SMILES string of the molecule is Nc1cccc2[nH]c(-c3ccc(=O)[nH]c3)nc12. The first kappa shape index (κ1) is 9.65. The topological polar surface area (TPSA) is 87.6 Å². The van der Waals surface area contributed by atoms with E-state index < -0.39 is 0 Å². The van der Waals surface area contributed by atoms with Crippen LogP contribution in [-0.4, -0.2) is 15.0 Å². The number of fused-ring (bicyclic) bond motifs is 1. The molecule has 0 saturated heterocycles. The summed E-state index contributed by atoms with van der Waals surface area (Å²) < 4.78 is 0. The zero-order chi connectivity index (χ0) is 11.8. The van der Waals surface area contributed by atoms with Gasteiger partial charge in [0, 0.05) is 17.8 Å². The number of hydrogen-bond donors (Lipinski definition) is 3. The molecule has 4 N–H and O–H groups in total. The van der Waals surface area contributed by atoms with Crippen molar-refractivity contribution in [2.45, 2.75) is 0 Å². The van der Waals surface area contributed by atoms with Crippen LogP contribution in [0.25, 0.3) is 22.4 Å². The van der Waals surface area contributed by atoms with Crippen molar-refractivity contribution < 1.29 is 0 Å². The molecule has 2 aromatic heterocycles. The van der Waals surface area contributed by atoms with Crippen LogP contribution < -0.4 is 11.3 Å². The zero-order valence-corrected chi connectivity index (χ0v) is 8.90. The molecule has 84 valence electrons. The molecule has 0 amide bonds. The summed E-state index contributed by atoms with van der Waals surface area (Å²) in [6.07, 6.45) is 1.62. The van der Waals surface area contributed by atoms with Gasteiger partial charge in [0.2, 0.25) is 5.56 Å². The number of rotatable bonds is 1. The van der Waals surface area contributed by atoms with Gasteiger partial charge < -0.3 is 15.7 Å². The van der Waals surface area contributed by atoms with E-state index in [4.69, 9.17) is 5.73 Å². The summed E-state index contributed by atoms with van der Waals surface area (Å²) in [6.45, 7) is 0. The average Bonchev–Trinajstić information content (AvgIpc) is 2.75. The molecule has 0 aliphatic rings. The molecule has 1 aromatic carbocycles. The van der Waals surface area contributed by atoms with Crippen molar-refractivity contribution in [2.24, 2.45) is 0 Å². The Hall–Kier alpha value is -2.56. The van der Waals surface area contributed by atoms with Crippen LogP contribution in [0.3, 0.4) is 0 Å². The highest BCUT2D eigenvalue weighted by Gasteiger charge is 2.06. The molecular weight excluding hydrogens is 216 g/mol. The number of nitrogen functional groups attached to an aromatic ring is 1. The number of nitrogens with two attached hydrogens (primary N) is 1. The van der Waals surface area contributed by atoms with Gasteiger partial charge in [-0.05, 0) is 18.2 Å². The molecule has 0 fully saturated rings. The van der Waals surface area contributed by atoms with E-state index in [1.807, 2.05) is 12.1 Å². The molecule has 0 atom stereocenters. The minimum absolute atomic E-state index is 0.135. The summed E-state index contributed by atoms with van der Waals surface area (Å²) in [5, 5.41) is 0. The van der Waals surface area contributed by atoms with Gasteiger partial charge in [0.25, 0.3) is 0 Å². The number of aromatic amines is 2. The van der Waals surface area contributed by atoms with Crippen molar-refractivity contribution in [3.8, 4) is 11.4 Å². The standard InChI is InChI=1S/C12H10N4O/c13-8-2-1-3-9-11(8)16-12(15-9)7-4-5-10(17)14-6-7/h1-6H,13H2,(H,14,17)(H,15,16). The molecule has 3 rings (SSSR count). The van der Waals surface area contributed by atoms with Crippen LogP contribution >= 0.6 is 0 Å². The number of H-pyrrole nitrogens is 2. The minimum Gasteiger partial charge on any atom is -0.397 e. The number of imidazole rings is 1. The minimum atomic E-state index is -0.135. The molecule has 0 unspecified atom stereocenters. The Morgan fingerprint density at radius 2 is 2.06 bits per heavy atom. The highest BCUT2D eigenvalue weighted by molar-refractivity contribution is 5.89. The molecule has 5 nitrogen and oxygen atoms in total. The smallest absolute Gasteiger partial charge is 0.247 e. The van der Waals surface area contributed by atoms with Crippen LogP contribution in [-0.2, 0) is 0 Å². The Kier molecular flexibility index (Phi) is 1.98. The van der Waals surface area contributed by atoms with Gasteiger partial charge >= 0.3 is 0 Å². The largest absolute Gasteiger partial charge is 0.397 e. The van der Waals surface area contributed by atoms with Crippen molar-refractivity contribution >= 4 is 16.7 Å². The van der Waals surface area contributed by atoms with Gasteiger partial charge in [0.15, 0.2) is 0 Å². The first-order valence-electron chi connectivity index (χ1n) is 5.17. The van der Waals surface area contributed by atoms with Gasteiger partial charge in [-0.25, -0.2) is 4.98 Å². The lowest BCUT2D eigenvalue weighted by molar-refractivity contribution is 1.22. The molecule has 5 heteroatoms. The molecule has 0 aliphatic heterocycles. The predicted octanol–water partition coefficient (Wildman–Crippen LogP) is 1.50. The van der Waals surface area contributed by atoms with E-state index in [0.717, 1.165) is 16.6 Å². The second-order valence-corrected chi connectivity index (χ2v) is 3.77. The van der Waals surface area contributed by atoms with Gasteiger partial charge in [-0.1, -0.05) is 6.07 Å². The quantitative estimate of drug-likeness (QED) is 0.549. The monoisotopic (exact) mass is 226 g/mol. The fourth-order valence-electron chi connectivity index (χ4n) is 1.75. The van der Waals surface area contributed by atoms with Crippen molar-refractivity contribution in [1.82, 2.24) is 15.0 Å². The number of para-hydroxylation sites is 1. The highest BCUT2D eigenvalue weighted by atomic mass is 16.1. The lowest BCUT2D eigenvalue weighted by Crippen LogP contribution is -2.01. The van der Waals surface area contributed by atoms with Crippen molar-refractivity contribution in [3.63, 3.8) is 0 Å². The Labute approximate surface area is 96.3 Å². The third-order valence-corrected chi connectivity index (χ3v) is 2.60. The van der Waals surface area contributed by atoms with E-state index in [9.17, 15) is 4.79 Å². The normalized spacial score (nSPS) is 10.8. The van der Waals surface area contributed by atoms with E-state index in [1.54, 1.807) is 18.3 Å². The van der Waals surface area contributed by atoms with E-state index in [1.165, 1.54) is 6.07 Å². The summed E-state index contributed by atoms with van der Waals surface area (Å²) in [5.41, 5.74) is 8.77. The van der Waals surface area contributed by atoms with Gasteiger partial charge in [-0.3, -0.25) is 4.79 Å². The van der Waals surface area contributed by atoms with Crippen LogP contribution in [0.2, 0.25) is 0 Å². The van der Waals surface area contributed by atoms with Crippen LogP contribution in [0.5, 0.6) is 0 Å². The summed E-state index contributed by atoms with van der Waals surface area (Å²) in [5.74, 6) is 0.689. The molecule has 17 heavy (non-hydrogen) atoms. The van der Waals surface area contributed by atoms with Crippen molar-refractivity contribution in [2.75, 3.05) is 5.73 Å². The van der Waals surface area contributed by atoms with Gasteiger partial charge in [0.1, 0.15) is 11.3 Å². The van der Waals surface area contributed by atoms with Gasteiger partial charge in [-0.15, -0.1) is 0 Å². The molecule has 0 spiro atoms. The van der Waals surface area contributed by atoms with E-state index in [0.29, 0.717) is 11.5 Å². The lowest BCUT2D eigenvalue weighted by Gasteiger charge is -1.93. The Morgan fingerprint density at radius 1 is 1.18 bits per heavy atom. The third kappa shape index (κ3) is 1.57. The molecule has 0 radical (unpaired) electrons. The van der Waals surface area contributed by atoms with E-state index >= 15 is 0 Å². The number of nitrogens with one attached hydrogen (secondary N) is 2. The van der Waals surface area contributed by atoms with Crippen LogP contribution in [0.1, 0.15) is 0 Å². The Morgan fingerprint density at radius 3 is 2.76 bits per heavy atom. The summed E-state index contributed by atoms with van der Waals surface area (Å²) in [4.78, 5) is 21.2. The average molecular weight is 226 g/mol. The maximum atomic E-state index is 11.0. The molecule has 3 aromatic rings. The number of aromatic nitrogens is 3. The Balaban J connectivity index is 2.21. The zero-order valence-electron chi connectivity index (χ0n) is 8.90. The fourth-order valence-corrected chi connectivity index (χ4v) is 1.75. The van der Waals surface area contributed by atoms with Crippen molar-refractivity contribution in [1.29, 1.82) is 0 Å². The maximum Gasteiger partial charge on any atom is 0.247 e. The van der Waals surface area contributed by atoms with Crippen molar-refractivity contribution in [3.05, 3.63) is 46.9 Å². The molecule has 0 bridgehead atoms. The molecule has 0 aliphatic carbocycles. The number of pyridine rings is 1. The summed E-state index contributed by atoms with van der Waals surface area (Å²) in [7, 11) is 0. The molecular formula is C12H10N4O. The van der Waals surface area contributed by atoms with Gasteiger partial charge in [-0.2, -0.15) is 0 Å². The molecule has 2 heterocycles. The lowest BCUT2D eigenvalue weighted by atomic mass is 10.3. The third-order valence-electron chi connectivity index (χ3n) is 2.60. The van der Waals surface area contributed by atoms with Crippen LogP contribution in [0.15, 0.2) is 41.3 Å². The van der Waals surface area contributed by atoms with E-state index in [-0.39, 0.29) is 5.56 Å². The first-order valence-corrected chi connectivity index (χ1v) is 5.17. The highest BCUT2D eigenvalue weighted by Crippen LogP contribution is 2.22. The van der Waals surface area contributed by atoms with Crippen LogP contribution in [0.4, 0.5) is 5.69 Å². The Bertz CT molecular complexity index is 721. The second kappa shape index (κ2) is 3.48. The fraction of sp³-hybridized carbons (Fsp3) is 0. The number of anilines is 1. The number of benzene rings is 1. The summed E-state index contributed by atoms with van der Waals surface area (Å²) >= 11 is 0. The molecule has 0 saturated carbocycles. The van der Waals surface area contributed by atoms with E-state index in [2.05, 4.69) is 15.0 Å². The predicted molar refractivity (Wildman–Crippen MR) is 66.6 cm³/mol. The van der Waals surface area contributed by atoms with Gasteiger partial charge in [0.05, 0.1) is 11.2 Å². The number of nitrogens with zero attached hydrogens (tertiary/aromatic N) is 1. The first-order chi connectivity index (χ1) is 8.24. The van der Waals surface area contributed by atoms with Crippen LogP contribution in [0, 0.1) is 0 Å². The second-order valence-electron chi connectivity index (χ2n) is 3.77. The summed E-state index contributed by atoms with van der Waals surface area (Å²) in [6, 6.07) is 8.76.